The van der Waals surface area contributed by atoms with Crippen LogP contribution in [0.15, 0.2) is 40.0 Å². The van der Waals surface area contributed by atoms with Crippen molar-refractivity contribution in [3.05, 3.63) is 40.6 Å². The van der Waals surface area contributed by atoms with Crippen LogP contribution in [0.5, 0.6) is 0 Å². The van der Waals surface area contributed by atoms with E-state index >= 15 is 0 Å². The van der Waals surface area contributed by atoms with Crippen LogP contribution in [0.3, 0.4) is 0 Å². The number of thiazole rings is 2. The molecule has 122 valence electrons. The predicted molar refractivity (Wildman–Crippen MR) is 102 cm³/mol. The molecular weight excluding hydrogens is 338 g/mol. The number of anilines is 1. The Hall–Kier alpha value is -2.25. The summed E-state index contributed by atoms with van der Waals surface area (Å²) in [5.74, 6) is 0.806. The van der Waals surface area contributed by atoms with Gasteiger partial charge >= 0.3 is 0 Å². The van der Waals surface area contributed by atoms with Crippen molar-refractivity contribution < 1.29 is 0 Å². The molecule has 3 heterocycles. The molecule has 0 fully saturated rings. The molecule has 0 spiro atoms. The highest BCUT2D eigenvalue weighted by atomic mass is 32.1. The number of hydrogen-bond acceptors (Lipinski definition) is 7. The fourth-order valence-electron chi connectivity index (χ4n) is 2.47. The largest absolute Gasteiger partial charge is 0.356 e. The number of benzene rings is 1. The third kappa shape index (κ3) is 3.32. The van der Waals surface area contributed by atoms with E-state index in [4.69, 9.17) is 4.98 Å². The summed E-state index contributed by atoms with van der Waals surface area (Å²) in [6, 6.07) is 8.41. The number of nitrogens with zero attached hydrogens (tertiary/aromatic N) is 3. The van der Waals surface area contributed by atoms with Gasteiger partial charge in [0.15, 0.2) is 11.1 Å². The molecule has 24 heavy (non-hydrogen) atoms. The molecule has 4 rings (SSSR count). The summed E-state index contributed by atoms with van der Waals surface area (Å²) in [5, 5.41) is 12.4. The van der Waals surface area contributed by atoms with Gasteiger partial charge in [0.2, 0.25) is 0 Å². The van der Waals surface area contributed by atoms with Crippen LogP contribution in [-0.4, -0.2) is 29.0 Å². The molecule has 1 aliphatic heterocycles. The molecule has 0 unspecified atom stereocenters. The lowest BCUT2D eigenvalue weighted by Gasteiger charge is -2.13. The van der Waals surface area contributed by atoms with Crippen LogP contribution >= 0.6 is 22.7 Å². The quantitative estimate of drug-likeness (QED) is 0.745. The number of guanidine groups is 1. The van der Waals surface area contributed by atoms with Crippen LogP contribution in [0.25, 0.3) is 22.0 Å². The fourth-order valence-corrected chi connectivity index (χ4v) is 3.98. The van der Waals surface area contributed by atoms with Crippen molar-refractivity contribution in [1.29, 1.82) is 0 Å². The van der Waals surface area contributed by atoms with Gasteiger partial charge in [0, 0.05) is 29.4 Å². The lowest BCUT2D eigenvalue weighted by molar-refractivity contribution is 0.740. The molecule has 0 atom stereocenters. The number of nitrogens with one attached hydrogen (secondary N) is 2. The Balaban J connectivity index is 1.53. The highest BCUT2D eigenvalue weighted by Crippen LogP contribution is 2.30. The Bertz CT molecular complexity index is 881. The first kappa shape index (κ1) is 15.3. The maximum absolute atomic E-state index is 4.74. The molecule has 1 aromatic carbocycles. The molecule has 0 bridgehead atoms. The lowest BCUT2D eigenvalue weighted by atomic mass is 10.1. The fraction of sp³-hybridized carbons (Fsp3) is 0.235. The SMILES string of the molecule is Cc1cccc(-c2nc(-c3csc(NC4=NCCCN4)n3)cs2)c1. The van der Waals surface area contributed by atoms with Gasteiger partial charge < -0.3 is 10.6 Å². The van der Waals surface area contributed by atoms with Gasteiger partial charge in [0.05, 0.1) is 0 Å². The first-order chi connectivity index (χ1) is 11.8. The first-order valence-corrected chi connectivity index (χ1v) is 9.58. The number of hydrogen-bond donors (Lipinski definition) is 2. The van der Waals surface area contributed by atoms with Gasteiger partial charge in [-0.25, -0.2) is 9.97 Å². The molecule has 3 aromatic rings. The van der Waals surface area contributed by atoms with Gasteiger partial charge in [-0.3, -0.25) is 4.99 Å². The van der Waals surface area contributed by atoms with Crippen molar-refractivity contribution >= 4 is 33.8 Å². The molecular formula is C17H17N5S2. The van der Waals surface area contributed by atoms with Crippen LogP contribution in [0.4, 0.5) is 5.13 Å². The van der Waals surface area contributed by atoms with Crippen molar-refractivity contribution in [3.8, 4) is 22.0 Å². The zero-order valence-corrected chi connectivity index (χ0v) is 14.9. The average molecular weight is 355 g/mol. The number of aryl methyl sites for hydroxylation is 1. The second-order valence-electron chi connectivity index (χ2n) is 5.58. The van der Waals surface area contributed by atoms with Gasteiger partial charge in [0.1, 0.15) is 16.4 Å². The normalized spacial score (nSPS) is 14.1. The number of rotatable bonds is 3. The van der Waals surface area contributed by atoms with E-state index in [1.807, 2.05) is 5.38 Å². The summed E-state index contributed by atoms with van der Waals surface area (Å²) in [4.78, 5) is 13.8. The average Bonchev–Trinajstić information content (AvgIpc) is 3.25. The minimum absolute atomic E-state index is 0.806. The summed E-state index contributed by atoms with van der Waals surface area (Å²) in [5.41, 5.74) is 4.21. The molecule has 2 N–H and O–H groups in total. The predicted octanol–water partition coefficient (Wildman–Crippen LogP) is 4.00. The zero-order chi connectivity index (χ0) is 16.4. The van der Waals surface area contributed by atoms with Crippen molar-refractivity contribution in [2.75, 3.05) is 18.4 Å². The van der Waals surface area contributed by atoms with Gasteiger partial charge in [-0.15, -0.1) is 22.7 Å². The molecule has 0 amide bonds. The first-order valence-electron chi connectivity index (χ1n) is 7.82. The summed E-state index contributed by atoms with van der Waals surface area (Å²) < 4.78 is 0. The van der Waals surface area contributed by atoms with E-state index in [0.717, 1.165) is 52.6 Å². The molecule has 0 saturated carbocycles. The lowest BCUT2D eigenvalue weighted by Crippen LogP contribution is -2.35. The van der Waals surface area contributed by atoms with Gasteiger partial charge in [-0.05, 0) is 19.4 Å². The molecule has 1 aliphatic rings. The molecule has 0 aliphatic carbocycles. The molecule has 5 nitrogen and oxygen atoms in total. The summed E-state index contributed by atoms with van der Waals surface area (Å²) in [6.45, 7) is 3.91. The summed E-state index contributed by atoms with van der Waals surface area (Å²) in [6.07, 6.45) is 1.08. The van der Waals surface area contributed by atoms with Crippen LogP contribution in [-0.2, 0) is 0 Å². The van der Waals surface area contributed by atoms with E-state index in [9.17, 15) is 0 Å². The Labute approximate surface area is 148 Å². The van der Waals surface area contributed by atoms with E-state index in [0.29, 0.717) is 0 Å². The van der Waals surface area contributed by atoms with Crippen LogP contribution < -0.4 is 10.6 Å². The van der Waals surface area contributed by atoms with E-state index in [1.165, 1.54) is 5.56 Å². The van der Waals surface area contributed by atoms with Crippen molar-refractivity contribution in [2.45, 2.75) is 13.3 Å². The van der Waals surface area contributed by atoms with Crippen molar-refractivity contribution in [2.24, 2.45) is 4.99 Å². The van der Waals surface area contributed by atoms with Crippen LogP contribution in [0, 0.1) is 6.92 Å². The van der Waals surface area contributed by atoms with Crippen molar-refractivity contribution in [1.82, 2.24) is 15.3 Å². The Morgan fingerprint density at radius 1 is 1.12 bits per heavy atom. The number of aliphatic imine (C=N–C) groups is 1. The van der Waals surface area contributed by atoms with Crippen LogP contribution in [0.2, 0.25) is 0 Å². The topological polar surface area (TPSA) is 62.2 Å². The monoisotopic (exact) mass is 355 g/mol. The second kappa shape index (κ2) is 6.70. The van der Waals surface area contributed by atoms with Gasteiger partial charge in [0.25, 0.3) is 0 Å². The Morgan fingerprint density at radius 2 is 2.00 bits per heavy atom. The van der Waals surface area contributed by atoms with Gasteiger partial charge in [-0.1, -0.05) is 23.8 Å². The minimum Gasteiger partial charge on any atom is -0.356 e. The third-order valence-electron chi connectivity index (χ3n) is 3.66. The summed E-state index contributed by atoms with van der Waals surface area (Å²) in [7, 11) is 0. The highest BCUT2D eigenvalue weighted by Gasteiger charge is 2.12. The van der Waals surface area contributed by atoms with E-state index in [-0.39, 0.29) is 0 Å². The van der Waals surface area contributed by atoms with Gasteiger partial charge in [-0.2, -0.15) is 0 Å². The summed E-state index contributed by atoms with van der Waals surface area (Å²) >= 11 is 3.22. The standard InChI is InChI=1S/C17H17N5S2/c1-11-4-2-5-12(8-11)15-20-13(9-23-15)14-10-24-17(21-14)22-16-18-6-3-7-19-16/h2,4-5,8-10H,3,6-7H2,1H3,(H2,18,19,21,22). The maximum Gasteiger partial charge on any atom is 0.197 e. The molecule has 0 saturated heterocycles. The third-order valence-corrected chi connectivity index (χ3v) is 5.31. The molecule has 7 heteroatoms. The highest BCUT2D eigenvalue weighted by molar-refractivity contribution is 7.14. The van der Waals surface area contributed by atoms with E-state index in [1.54, 1.807) is 22.7 Å². The zero-order valence-electron chi connectivity index (χ0n) is 13.2. The molecule has 0 radical (unpaired) electrons. The van der Waals surface area contributed by atoms with E-state index < -0.39 is 0 Å². The second-order valence-corrected chi connectivity index (χ2v) is 7.30. The maximum atomic E-state index is 4.74. The Morgan fingerprint density at radius 3 is 2.83 bits per heavy atom. The molecule has 2 aromatic heterocycles. The Kier molecular flexibility index (Phi) is 4.27. The number of aromatic nitrogens is 2. The van der Waals surface area contributed by atoms with E-state index in [2.05, 4.69) is 57.2 Å². The van der Waals surface area contributed by atoms with Crippen molar-refractivity contribution in [3.63, 3.8) is 0 Å². The minimum atomic E-state index is 0.806. The van der Waals surface area contributed by atoms with Crippen LogP contribution in [0.1, 0.15) is 12.0 Å². The smallest absolute Gasteiger partial charge is 0.197 e.